The number of hydrogen-bond acceptors (Lipinski definition) is 2. The molecule has 0 aliphatic carbocycles. The highest BCUT2D eigenvalue weighted by Crippen LogP contribution is 2.10. The van der Waals surface area contributed by atoms with E-state index in [-0.39, 0.29) is 0 Å². The number of nitrogens with zero attached hydrogens (tertiary/aromatic N) is 2. The Bertz CT molecular complexity index is 253. The monoisotopic (exact) mass is 181 g/mol. The first-order chi connectivity index (χ1) is 6.27. The van der Waals surface area contributed by atoms with Gasteiger partial charge in [-0.1, -0.05) is 6.92 Å². The Hall–Kier alpha value is -0.830. The van der Waals surface area contributed by atoms with E-state index in [2.05, 4.69) is 18.2 Å². The summed E-state index contributed by atoms with van der Waals surface area (Å²) in [7, 11) is 1.98. The molecule has 0 aromatic carbocycles. The van der Waals surface area contributed by atoms with E-state index in [1.165, 1.54) is 17.7 Å². The third-order valence-corrected chi connectivity index (χ3v) is 2.23. The van der Waals surface area contributed by atoms with Gasteiger partial charge in [-0.3, -0.25) is 4.68 Å². The van der Waals surface area contributed by atoms with Crippen LogP contribution in [0.15, 0.2) is 6.20 Å². The first-order valence-corrected chi connectivity index (χ1v) is 4.99. The summed E-state index contributed by atoms with van der Waals surface area (Å²) in [6, 6.07) is 0. The van der Waals surface area contributed by atoms with Gasteiger partial charge in [-0.25, -0.2) is 0 Å². The van der Waals surface area contributed by atoms with Gasteiger partial charge in [0.05, 0.1) is 5.69 Å². The summed E-state index contributed by atoms with van der Waals surface area (Å²) in [5.41, 5.74) is 8.07. The fourth-order valence-corrected chi connectivity index (χ4v) is 1.55. The maximum absolute atomic E-state index is 5.45. The molecule has 0 unspecified atom stereocenters. The Kier molecular flexibility index (Phi) is 3.96. The summed E-state index contributed by atoms with van der Waals surface area (Å²) in [5, 5.41) is 4.39. The Labute approximate surface area is 79.9 Å². The van der Waals surface area contributed by atoms with Gasteiger partial charge in [0.1, 0.15) is 0 Å². The third-order valence-electron chi connectivity index (χ3n) is 2.23. The van der Waals surface area contributed by atoms with Crippen LogP contribution in [0, 0.1) is 0 Å². The number of rotatable bonds is 5. The molecule has 0 fully saturated rings. The van der Waals surface area contributed by atoms with Crippen molar-refractivity contribution >= 4 is 0 Å². The predicted molar refractivity (Wildman–Crippen MR) is 54.6 cm³/mol. The van der Waals surface area contributed by atoms with Crippen molar-refractivity contribution in [1.29, 1.82) is 0 Å². The van der Waals surface area contributed by atoms with Crippen LogP contribution >= 0.6 is 0 Å². The van der Waals surface area contributed by atoms with Gasteiger partial charge in [-0.2, -0.15) is 5.10 Å². The zero-order valence-corrected chi connectivity index (χ0v) is 8.58. The van der Waals surface area contributed by atoms with Crippen molar-refractivity contribution in [2.24, 2.45) is 12.8 Å². The van der Waals surface area contributed by atoms with Crippen LogP contribution in [-0.2, 0) is 19.9 Å². The maximum atomic E-state index is 5.45. The van der Waals surface area contributed by atoms with Crippen LogP contribution in [-0.4, -0.2) is 16.3 Å². The number of nitrogens with two attached hydrogens (primary N) is 1. The molecule has 0 saturated heterocycles. The van der Waals surface area contributed by atoms with Gasteiger partial charge in [-0.15, -0.1) is 0 Å². The second-order valence-corrected chi connectivity index (χ2v) is 3.37. The molecule has 1 heterocycles. The first-order valence-electron chi connectivity index (χ1n) is 4.99. The average Bonchev–Trinajstić information content (AvgIpc) is 2.47. The van der Waals surface area contributed by atoms with E-state index in [0.717, 1.165) is 25.8 Å². The van der Waals surface area contributed by atoms with E-state index < -0.39 is 0 Å². The average molecular weight is 181 g/mol. The molecule has 3 nitrogen and oxygen atoms in total. The predicted octanol–water partition coefficient (Wildman–Crippen LogP) is 1.26. The quantitative estimate of drug-likeness (QED) is 0.695. The summed E-state index contributed by atoms with van der Waals surface area (Å²) in [5.74, 6) is 0. The lowest BCUT2D eigenvalue weighted by molar-refractivity contribution is 0.740. The molecule has 0 bridgehead atoms. The van der Waals surface area contributed by atoms with E-state index in [4.69, 9.17) is 5.73 Å². The van der Waals surface area contributed by atoms with E-state index in [0.29, 0.717) is 0 Å². The second kappa shape index (κ2) is 5.02. The summed E-state index contributed by atoms with van der Waals surface area (Å²) < 4.78 is 1.90. The molecule has 74 valence electrons. The molecule has 0 aliphatic heterocycles. The molecule has 1 aromatic heterocycles. The summed E-state index contributed by atoms with van der Waals surface area (Å²) in [4.78, 5) is 0. The molecule has 1 rings (SSSR count). The lowest BCUT2D eigenvalue weighted by Crippen LogP contribution is -1.99. The SMILES string of the molecule is CCc1nn(C)cc1CCCCN. The van der Waals surface area contributed by atoms with Crippen LogP contribution in [0.5, 0.6) is 0 Å². The van der Waals surface area contributed by atoms with Crippen LogP contribution in [0.25, 0.3) is 0 Å². The molecule has 13 heavy (non-hydrogen) atoms. The van der Waals surface area contributed by atoms with Crippen LogP contribution < -0.4 is 5.73 Å². The molecule has 0 saturated carbocycles. The topological polar surface area (TPSA) is 43.8 Å². The number of aryl methyl sites for hydroxylation is 3. The minimum atomic E-state index is 0.793. The Morgan fingerprint density at radius 2 is 2.23 bits per heavy atom. The number of aromatic nitrogens is 2. The molecule has 3 heteroatoms. The van der Waals surface area contributed by atoms with Crippen molar-refractivity contribution in [3.05, 3.63) is 17.5 Å². The van der Waals surface area contributed by atoms with Crippen molar-refractivity contribution in [2.75, 3.05) is 6.54 Å². The minimum absolute atomic E-state index is 0.793. The van der Waals surface area contributed by atoms with E-state index >= 15 is 0 Å². The van der Waals surface area contributed by atoms with E-state index in [1.54, 1.807) is 0 Å². The smallest absolute Gasteiger partial charge is 0.0653 e. The third kappa shape index (κ3) is 2.84. The Morgan fingerprint density at radius 1 is 1.46 bits per heavy atom. The van der Waals surface area contributed by atoms with Crippen LogP contribution in [0.2, 0.25) is 0 Å². The van der Waals surface area contributed by atoms with Gasteiger partial charge in [0.25, 0.3) is 0 Å². The molecule has 1 aromatic rings. The normalized spacial score (nSPS) is 10.7. The fraction of sp³-hybridized carbons (Fsp3) is 0.700. The number of unbranched alkanes of at least 4 members (excludes halogenated alkanes) is 1. The maximum Gasteiger partial charge on any atom is 0.0653 e. The molecular weight excluding hydrogens is 162 g/mol. The lowest BCUT2D eigenvalue weighted by Gasteiger charge is -1.98. The van der Waals surface area contributed by atoms with E-state index in [9.17, 15) is 0 Å². The highest BCUT2D eigenvalue weighted by Gasteiger charge is 2.04. The van der Waals surface area contributed by atoms with Gasteiger partial charge in [0.2, 0.25) is 0 Å². The van der Waals surface area contributed by atoms with Gasteiger partial charge in [0, 0.05) is 13.2 Å². The highest BCUT2D eigenvalue weighted by molar-refractivity contribution is 5.16. The highest BCUT2D eigenvalue weighted by atomic mass is 15.2. The van der Waals surface area contributed by atoms with Crippen molar-refractivity contribution in [3.63, 3.8) is 0 Å². The zero-order chi connectivity index (χ0) is 9.68. The largest absolute Gasteiger partial charge is 0.330 e. The molecule has 0 amide bonds. The van der Waals surface area contributed by atoms with Crippen LogP contribution in [0.3, 0.4) is 0 Å². The second-order valence-electron chi connectivity index (χ2n) is 3.37. The van der Waals surface area contributed by atoms with Gasteiger partial charge in [0.15, 0.2) is 0 Å². The van der Waals surface area contributed by atoms with Crippen molar-refractivity contribution in [1.82, 2.24) is 9.78 Å². The lowest BCUT2D eigenvalue weighted by atomic mass is 10.1. The summed E-state index contributed by atoms with van der Waals surface area (Å²) in [6.07, 6.45) is 6.55. The van der Waals surface area contributed by atoms with Crippen molar-refractivity contribution in [2.45, 2.75) is 32.6 Å². The van der Waals surface area contributed by atoms with Gasteiger partial charge >= 0.3 is 0 Å². The van der Waals surface area contributed by atoms with E-state index in [1.807, 2.05) is 11.7 Å². The Balaban J connectivity index is 2.53. The molecule has 0 radical (unpaired) electrons. The Morgan fingerprint density at radius 3 is 2.85 bits per heavy atom. The minimum Gasteiger partial charge on any atom is -0.330 e. The standard InChI is InChI=1S/C10H19N3/c1-3-10-9(6-4-5-7-11)8-13(2)12-10/h8H,3-7,11H2,1-2H3. The molecule has 0 atom stereocenters. The molecule has 0 aliphatic rings. The summed E-state index contributed by atoms with van der Waals surface area (Å²) in [6.45, 7) is 2.94. The van der Waals surface area contributed by atoms with Crippen molar-refractivity contribution < 1.29 is 0 Å². The fourth-order valence-electron chi connectivity index (χ4n) is 1.55. The van der Waals surface area contributed by atoms with Crippen LogP contribution in [0.1, 0.15) is 31.0 Å². The molecule has 0 spiro atoms. The van der Waals surface area contributed by atoms with Gasteiger partial charge < -0.3 is 5.73 Å². The molecular formula is C10H19N3. The van der Waals surface area contributed by atoms with Crippen LogP contribution in [0.4, 0.5) is 0 Å². The summed E-state index contributed by atoms with van der Waals surface area (Å²) >= 11 is 0. The first kappa shape index (κ1) is 10.3. The zero-order valence-electron chi connectivity index (χ0n) is 8.58. The van der Waals surface area contributed by atoms with Gasteiger partial charge in [-0.05, 0) is 37.8 Å². The molecule has 2 N–H and O–H groups in total. The number of hydrogen-bond donors (Lipinski definition) is 1. The van der Waals surface area contributed by atoms with Crippen molar-refractivity contribution in [3.8, 4) is 0 Å².